The molecule has 0 aromatic heterocycles. The molecule has 0 heterocycles. The summed E-state index contributed by atoms with van der Waals surface area (Å²) >= 11 is 0. The van der Waals surface area contributed by atoms with Gasteiger partial charge >= 0.3 is 0 Å². The minimum atomic E-state index is -0.166. The summed E-state index contributed by atoms with van der Waals surface area (Å²) < 4.78 is 13.9. The van der Waals surface area contributed by atoms with E-state index in [4.69, 9.17) is 0 Å². The van der Waals surface area contributed by atoms with Crippen LogP contribution in [0.4, 0.5) is 10.1 Å². The van der Waals surface area contributed by atoms with Gasteiger partial charge in [0.25, 0.3) is 0 Å². The molecule has 0 aliphatic carbocycles. The fourth-order valence-corrected chi connectivity index (χ4v) is 3.19. The molecule has 1 nitrogen and oxygen atoms in total. The highest BCUT2D eigenvalue weighted by atomic mass is 19.1. The molecular formula is C15H25FN+. The van der Waals surface area contributed by atoms with E-state index in [0.717, 1.165) is 11.0 Å². The predicted octanol–water partition coefficient (Wildman–Crippen LogP) is 4.36. The molecule has 0 amide bonds. The summed E-state index contributed by atoms with van der Waals surface area (Å²) in [6.07, 6.45) is 0. The van der Waals surface area contributed by atoms with Crippen molar-refractivity contribution in [1.29, 1.82) is 0 Å². The molecule has 0 aliphatic heterocycles. The first-order valence-electron chi connectivity index (χ1n) is 6.39. The van der Waals surface area contributed by atoms with Gasteiger partial charge in [0.1, 0.15) is 11.5 Å². The van der Waals surface area contributed by atoms with E-state index in [1.807, 2.05) is 12.1 Å². The summed E-state index contributed by atoms with van der Waals surface area (Å²) in [6.45, 7) is 14.4. The molecule has 2 heteroatoms. The zero-order chi connectivity index (χ0) is 13.3. The summed E-state index contributed by atoms with van der Waals surface area (Å²) in [6, 6.07) is 7.43. The molecule has 17 heavy (non-hydrogen) atoms. The maximum absolute atomic E-state index is 13.1. The highest BCUT2D eigenvalue weighted by Gasteiger charge is 2.43. The minimum absolute atomic E-state index is 0.0980. The number of rotatable bonds is 3. The molecule has 0 saturated heterocycles. The lowest BCUT2D eigenvalue weighted by Crippen LogP contribution is -2.65. The molecule has 0 bridgehead atoms. The molecule has 96 valence electrons. The molecule has 1 aromatic carbocycles. The van der Waals surface area contributed by atoms with Crippen molar-refractivity contribution in [3.8, 4) is 0 Å². The van der Waals surface area contributed by atoms with Gasteiger partial charge in [-0.25, -0.2) is 4.39 Å². The predicted molar refractivity (Wildman–Crippen MR) is 73.6 cm³/mol. The van der Waals surface area contributed by atoms with Crippen LogP contribution in [0.3, 0.4) is 0 Å². The lowest BCUT2D eigenvalue weighted by Gasteiger charge is -2.51. The van der Waals surface area contributed by atoms with Gasteiger partial charge in [0, 0.05) is 12.1 Å². The van der Waals surface area contributed by atoms with Crippen LogP contribution in [-0.4, -0.2) is 18.1 Å². The van der Waals surface area contributed by atoms with Crippen LogP contribution in [0.2, 0.25) is 0 Å². The number of nitrogens with zero attached hydrogens (tertiary/aromatic N) is 1. The van der Waals surface area contributed by atoms with Crippen molar-refractivity contribution in [3.63, 3.8) is 0 Å². The summed E-state index contributed by atoms with van der Waals surface area (Å²) in [4.78, 5) is 0. The Balaban J connectivity index is 3.38. The number of hydrogen-bond donors (Lipinski definition) is 0. The third kappa shape index (κ3) is 2.37. The average Bonchev–Trinajstić information content (AvgIpc) is 2.19. The van der Waals surface area contributed by atoms with Gasteiger partial charge in [-0.3, -0.25) is 4.48 Å². The Morgan fingerprint density at radius 2 is 1.59 bits per heavy atom. The molecule has 0 saturated carbocycles. The van der Waals surface area contributed by atoms with E-state index in [9.17, 15) is 4.39 Å². The zero-order valence-corrected chi connectivity index (χ0v) is 11.9. The third-order valence-electron chi connectivity index (χ3n) is 3.86. The van der Waals surface area contributed by atoms with Crippen LogP contribution in [0.1, 0.15) is 41.5 Å². The van der Waals surface area contributed by atoms with Crippen LogP contribution in [0.25, 0.3) is 0 Å². The molecule has 1 rings (SSSR count). The second kappa shape index (κ2) is 4.77. The van der Waals surface area contributed by atoms with Crippen molar-refractivity contribution < 1.29 is 4.39 Å². The van der Waals surface area contributed by atoms with E-state index < -0.39 is 0 Å². The topological polar surface area (TPSA) is 0 Å². The number of hydrogen-bond acceptors (Lipinski definition) is 0. The van der Waals surface area contributed by atoms with Crippen molar-refractivity contribution in [2.75, 3.05) is 6.54 Å². The molecule has 0 radical (unpaired) electrons. The minimum Gasteiger partial charge on any atom is -0.285 e. The van der Waals surface area contributed by atoms with Crippen LogP contribution in [-0.2, 0) is 0 Å². The van der Waals surface area contributed by atoms with Crippen LogP contribution in [0.15, 0.2) is 24.3 Å². The Hall–Kier alpha value is -0.890. The van der Waals surface area contributed by atoms with Gasteiger partial charge in [0.05, 0.1) is 18.1 Å². The monoisotopic (exact) mass is 238 g/mol. The molecule has 0 spiro atoms. The molecule has 1 aromatic rings. The summed E-state index contributed by atoms with van der Waals surface area (Å²) in [5.41, 5.74) is 1.29. The van der Waals surface area contributed by atoms with Gasteiger partial charge in [-0.15, -0.1) is 0 Å². The smallest absolute Gasteiger partial charge is 0.133 e. The van der Waals surface area contributed by atoms with E-state index >= 15 is 0 Å². The van der Waals surface area contributed by atoms with Crippen molar-refractivity contribution in [2.45, 2.75) is 53.1 Å². The van der Waals surface area contributed by atoms with Gasteiger partial charge in [-0.2, -0.15) is 0 Å². The summed E-state index contributed by atoms with van der Waals surface area (Å²) in [5, 5.41) is 0. The van der Waals surface area contributed by atoms with Gasteiger partial charge < -0.3 is 0 Å². The Morgan fingerprint density at radius 1 is 1.12 bits per heavy atom. The van der Waals surface area contributed by atoms with Crippen LogP contribution >= 0.6 is 0 Å². The number of halogens is 1. The van der Waals surface area contributed by atoms with Gasteiger partial charge in [-0.05, 0) is 53.7 Å². The van der Waals surface area contributed by atoms with Crippen LogP contribution < -0.4 is 4.48 Å². The second-order valence-corrected chi connectivity index (χ2v) is 5.93. The SMILES string of the molecule is CC[N+](c1ccc(F)cc1)(C(C)C)C(C)(C)C. The van der Waals surface area contributed by atoms with E-state index in [1.165, 1.54) is 5.69 Å². The van der Waals surface area contributed by atoms with Gasteiger partial charge in [0.15, 0.2) is 0 Å². The quantitative estimate of drug-likeness (QED) is 0.686. The van der Waals surface area contributed by atoms with Crippen molar-refractivity contribution >= 4 is 5.69 Å². The second-order valence-electron chi connectivity index (χ2n) is 5.93. The first-order valence-corrected chi connectivity index (χ1v) is 6.39. The maximum Gasteiger partial charge on any atom is 0.133 e. The lowest BCUT2D eigenvalue weighted by molar-refractivity contribution is 0.111. The largest absolute Gasteiger partial charge is 0.285 e. The molecule has 0 aliphatic rings. The Bertz CT molecular complexity index is 362. The molecular weight excluding hydrogens is 213 g/mol. The Kier molecular flexibility index (Phi) is 3.98. The standard InChI is InChI=1S/C15H25FN/c1-7-17(12(2)3,15(4,5)6)14-10-8-13(16)9-11-14/h8-12H,7H2,1-6H3/q+1. The molecule has 1 atom stereocenters. The zero-order valence-electron chi connectivity index (χ0n) is 11.9. The van der Waals surface area contributed by atoms with Crippen LogP contribution in [0.5, 0.6) is 0 Å². The average molecular weight is 238 g/mol. The normalized spacial score (nSPS) is 16.0. The highest BCUT2D eigenvalue weighted by molar-refractivity contribution is 5.45. The fraction of sp³-hybridized carbons (Fsp3) is 0.600. The fourth-order valence-electron chi connectivity index (χ4n) is 3.19. The maximum atomic E-state index is 13.1. The number of quaternary nitrogens is 1. The first kappa shape index (κ1) is 14.2. The highest BCUT2D eigenvalue weighted by Crippen LogP contribution is 2.35. The Morgan fingerprint density at radius 3 is 1.88 bits per heavy atom. The van der Waals surface area contributed by atoms with E-state index in [1.54, 1.807) is 12.1 Å². The number of benzene rings is 1. The molecule has 1 unspecified atom stereocenters. The van der Waals surface area contributed by atoms with Crippen molar-refractivity contribution in [3.05, 3.63) is 30.1 Å². The molecule has 0 N–H and O–H groups in total. The lowest BCUT2D eigenvalue weighted by atomic mass is 9.96. The first-order chi connectivity index (χ1) is 7.75. The van der Waals surface area contributed by atoms with Crippen LogP contribution in [0, 0.1) is 5.82 Å². The molecule has 0 fully saturated rings. The van der Waals surface area contributed by atoms with Crippen molar-refractivity contribution in [1.82, 2.24) is 4.48 Å². The van der Waals surface area contributed by atoms with E-state index in [-0.39, 0.29) is 11.4 Å². The van der Waals surface area contributed by atoms with Crippen molar-refractivity contribution in [2.24, 2.45) is 0 Å². The van der Waals surface area contributed by atoms with E-state index in [0.29, 0.717) is 6.04 Å². The van der Waals surface area contributed by atoms with Gasteiger partial charge in [-0.1, -0.05) is 0 Å². The third-order valence-corrected chi connectivity index (χ3v) is 3.86. The summed E-state index contributed by atoms with van der Waals surface area (Å²) in [7, 11) is 0. The van der Waals surface area contributed by atoms with Gasteiger partial charge in [0.2, 0.25) is 0 Å². The Labute approximate surface area is 105 Å². The summed E-state index contributed by atoms with van der Waals surface area (Å²) in [5.74, 6) is -0.166. The van der Waals surface area contributed by atoms with E-state index in [2.05, 4.69) is 41.5 Å².